The summed E-state index contributed by atoms with van der Waals surface area (Å²) in [4.78, 5) is 13.6. The van der Waals surface area contributed by atoms with Crippen LogP contribution < -0.4 is 0 Å². The lowest BCUT2D eigenvalue weighted by molar-refractivity contribution is -0.111. The van der Waals surface area contributed by atoms with Crippen LogP contribution in [-0.2, 0) is 4.79 Å². The topological polar surface area (TPSA) is 29.4 Å². The van der Waals surface area contributed by atoms with Crippen LogP contribution in [0.3, 0.4) is 0 Å². The van der Waals surface area contributed by atoms with Crippen molar-refractivity contribution in [3.8, 4) is 0 Å². The Morgan fingerprint density at radius 1 is 1.71 bits per heavy atom. The van der Waals surface area contributed by atoms with E-state index in [2.05, 4.69) is 11.5 Å². The summed E-state index contributed by atoms with van der Waals surface area (Å²) >= 11 is 0. The Morgan fingerprint density at radius 3 is 2.86 bits per heavy atom. The van der Waals surface area contributed by atoms with Gasteiger partial charge in [-0.05, 0) is 12.2 Å². The lowest BCUT2D eigenvalue weighted by Gasteiger charge is -1.86. The fourth-order valence-electron chi connectivity index (χ4n) is 0.312. The summed E-state index contributed by atoms with van der Waals surface area (Å²) in [5.41, 5.74) is 0. The van der Waals surface area contributed by atoms with Crippen molar-refractivity contribution in [2.75, 3.05) is 0 Å². The van der Waals surface area contributed by atoms with E-state index in [4.69, 9.17) is 0 Å². The van der Waals surface area contributed by atoms with Gasteiger partial charge in [0.1, 0.15) is 0 Å². The van der Waals surface area contributed by atoms with Crippen LogP contribution in [0.25, 0.3) is 0 Å². The van der Waals surface area contributed by atoms with Crippen LogP contribution in [0.4, 0.5) is 0 Å². The van der Waals surface area contributed by atoms with Gasteiger partial charge in [-0.15, -0.1) is 0 Å². The zero-order valence-electron chi connectivity index (χ0n) is 3.59. The van der Waals surface area contributed by atoms with Crippen molar-refractivity contribution >= 4 is 12.0 Å². The number of rotatable bonds is 0. The number of hydrogen-bond donors (Lipinski definition) is 0. The second kappa shape index (κ2) is 1.69. The molecule has 0 aromatic rings. The minimum Gasteiger partial charge on any atom is -0.292 e. The van der Waals surface area contributed by atoms with Gasteiger partial charge in [0.2, 0.25) is 0 Å². The highest BCUT2D eigenvalue weighted by Gasteiger charge is 1.95. The fourth-order valence-corrected chi connectivity index (χ4v) is 0.312. The Morgan fingerprint density at radius 2 is 2.57 bits per heavy atom. The molecule has 0 aliphatic carbocycles. The number of dihydropyridines is 1. The molecule has 2 heteroatoms. The van der Waals surface area contributed by atoms with Gasteiger partial charge in [0, 0.05) is 6.21 Å². The van der Waals surface area contributed by atoms with Crippen LogP contribution in [0.1, 0.15) is 0 Å². The van der Waals surface area contributed by atoms with Gasteiger partial charge in [0.05, 0.1) is 0 Å². The van der Waals surface area contributed by atoms with Crippen LogP contribution in [0.5, 0.6) is 0 Å². The van der Waals surface area contributed by atoms with Gasteiger partial charge in [0.15, 0.2) is 12.3 Å². The molecule has 34 valence electrons. The first-order valence-corrected chi connectivity index (χ1v) is 1.89. The monoisotopic (exact) mass is 93.0 g/mol. The van der Waals surface area contributed by atoms with E-state index >= 15 is 0 Å². The Hall–Kier alpha value is -0.920. The lowest BCUT2D eigenvalue weighted by Crippen LogP contribution is -1.94. The summed E-state index contributed by atoms with van der Waals surface area (Å²) in [7, 11) is 0. The third-order valence-corrected chi connectivity index (χ3v) is 0.583. The number of hydrogen-bond acceptors (Lipinski definition) is 2. The SMILES string of the molecule is O=C1[C]N=CC=C1. The predicted molar refractivity (Wildman–Crippen MR) is 25.9 cm³/mol. The quantitative estimate of drug-likeness (QED) is 0.421. The molecule has 0 spiro atoms. The van der Waals surface area contributed by atoms with E-state index in [-0.39, 0.29) is 5.78 Å². The zero-order chi connectivity index (χ0) is 5.11. The fraction of sp³-hybridized carbons (Fsp3) is 0. The highest BCUT2D eigenvalue weighted by Crippen LogP contribution is 1.88. The van der Waals surface area contributed by atoms with Gasteiger partial charge in [0.25, 0.3) is 0 Å². The molecule has 1 aliphatic rings. The molecule has 0 unspecified atom stereocenters. The van der Waals surface area contributed by atoms with E-state index < -0.39 is 0 Å². The van der Waals surface area contributed by atoms with E-state index in [0.29, 0.717) is 0 Å². The van der Waals surface area contributed by atoms with Crippen LogP contribution in [-0.4, -0.2) is 12.0 Å². The predicted octanol–water partition coefficient (Wildman–Crippen LogP) is 0.235. The molecular formula is C5H3NO. The van der Waals surface area contributed by atoms with E-state index in [1.165, 1.54) is 12.3 Å². The minimum absolute atomic E-state index is 0.164. The van der Waals surface area contributed by atoms with Gasteiger partial charge < -0.3 is 0 Å². The summed E-state index contributed by atoms with van der Waals surface area (Å²) in [5, 5.41) is 0. The van der Waals surface area contributed by atoms with Crippen molar-refractivity contribution in [2.24, 2.45) is 4.99 Å². The molecule has 1 heterocycles. The Bertz CT molecular complexity index is 135. The summed E-state index contributed by atoms with van der Waals surface area (Å²) in [6.45, 7) is 2.23. The second-order valence-corrected chi connectivity index (χ2v) is 1.11. The molecule has 0 amide bonds. The number of aliphatic imine (C=N–C) groups is 1. The first-order valence-electron chi connectivity index (χ1n) is 1.89. The van der Waals surface area contributed by atoms with Crippen molar-refractivity contribution in [3.63, 3.8) is 0 Å². The van der Waals surface area contributed by atoms with Gasteiger partial charge in [-0.25, -0.2) is 0 Å². The molecule has 1 rings (SSSR count). The highest BCUT2D eigenvalue weighted by molar-refractivity contribution is 6.02. The molecule has 0 N–H and O–H groups in total. The molecule has 0 saturated heterocycles. The zero-order valence-corrected chi connectivity index (χ0v) is 3.59. The van der Waals surface area contributed by atoms with E-state index in [1.807, 2.05) is 0 Å². The van der Waals surface area contributed by atoms with Gasteiger partial charge in [-0.3, -0.25) is 9.79 Å². The number of carbonyl (C=O) groups excluding carboxylic acids is 1. The first-order chi connectivity index (χ1) is 3.39. The smallest absolute Gasteiger partial charge is 0.193 e. The molecule has 0 fully saturated rings. The van der Waals surface area contributed by atoms with Crippen molar-refractivity contribution in [1.29, 1.82) is 0 Å². The van der Waals surface area contributed by atoms with Crippen LogP contribution in [0.2, 0.25) is 0 Å². The molecule has 0 aromatic carbocycles. The maximum Gasteiger partial charge on any atom is 0.193 e. The molecule has 2 radical (unpaired) electrons. The molecular weight excluding hydrogens is 90.1 g/mol. The number of ketones is 1. The molecule has 0 saturated carbocycles. The summed E-state index contributed by atoms with van der Waals surface area (Å²) in [6.07, 6.45) is 4.51. The molecule has 0 bridgehead atoms. The van der Waals surface area contributed by atoms with Gasteiger partial charge in [-0.1, -0.05) is 0 Å². The normalized spacial score (nSPS) is 18.0. The number of nitrogens with zero attached hydrogens (tertiary/aromatic N) is 1. The first kappa shape index (κ1) is 4.24. The molecule has 2 nitrogen and oxygen atoms in total. The van der Waals surface area contributed by atoms with Crippen LogP contribution >= 0.6 is 0 Å². The molecule has 0 aromatic heterocycles. The Balaban J connectivity index is 2.66. The summed E-state index contributed by atoms with van der Waals surface area (Å²) in [5.74, 6) is -0.164. The Labute approximate surface area is 41.6 Å². The molecule has 7 heavy (non-hydrogen) atoms. The van der Waals surface area contributed by atoms with Crippen molar-refractivity contribution < 1.29 is 4.79 Å². The standard InChI is InChI=1S/C5H3NO/c7-5-2-1-3-6-4-5/h1-3H. The third kappa shape index (κ3) is 0.961. The van der Waals surface area contributed by atoms with Gasteiger partial charge in [-0.2, -0.15) is 0 Å². The number of carbonyl (C=O) groups is 1. The van der Waals surface area contributed by atoms with E-state index in [0.717, 1.165) is 0 Å². The lowest BCUT2D eigenvalue weighted by atomic mass is 10.3. The largest absolute Gasteiger partial charge is 0.292 e. The average Bonchev–Trinajstić information content (AvgIpc) is 1.69. The summed E-state index contributed by atoms with van der Waals surface area (Å²) in [6, 6.07) is 0. The van der Waals surface area contributed by atoms with E-state index in [9.17, 15) is 4.79 Å². The van der Waals surface area contributed by atoms with Crippen molar-refractivity contribution in [2.45, 2.75) is 0 Å². The molecule has 0 atom stereocenters. The Kier molecular flexibility index (Phi) is 1.02. The average molecular weight is 93.1 g/mol. The second-order valence-electron chi connectivity index (χ2n) is 1.11. The maximum absolute atomic E-state index is 10.2. The summed E-state index contributed by atoms with van der Waals surface area (Å²) < 4.78 is 0. The highest BCUT2D eigenvalue weighted by atomic mass is 16.1. The number of allylic oxidation sites excluding steroid dienone is 1. The molecule has 1 aliphatic heterocycles. The van der Waals surface area contributed by atoms with E-state index in [1.54, 1.807) is 6.08 Å². The van der Waals surface area contributed by atoms with Crippen LogP contribution in [0.15, 0.2) is 17.1 Å². The van der Waals surface area contributed by atoms with Gasteiger partial charge >= 0.3 is 0 Å². The third-order valence-electron chi connectivity index (χ3n) is 0.583. The van der Waals surface area contributed by atoms with Crippen molar-refractivity contribution in [3.05, 3.63) is 18.7 Å². The minimum atomic E-state index is -0.164. The van der Waals surface area contributed by atoms with Crippen LogP contribution in [0, 0.1) is 6.54 Å². The van der Waals surface area contributed by atoms with Crippen molar-refractivity contribution in [1.82, 2.24) is 0 Å². The maximum atomic E-state index is 10.2.